The number of fused-ring (bicyclic) bond motifs is 1. The number of esters is 1. The van der Waals surface area contributed by atoms with Crippen LogP contribution in [-0.4, -0.2) is 46.1 Å². The van der Waals surface area contributed by atoms with E-state index >= 15 is 0 Å². The highest BCUT2D eigenvalue weighted by Crippen LogP contribution is 2.45. The number of nitrogens with zero attached hydrogens (tertiary/aromatic N) is 2. The van der Waals surface area contributed by atoms with E-state index in [1.54, 1.807) is 4.90 Å². The van der Waals surface area contributed by atoms with E-state index in [4.69, 9.17) is 15.2 Å². The Morgan fingerprint density at radius 3 is 3.09 bits per heavy atom. The molecule has 0 unspecified atom stereocenters. The maximum atomic E-state index is 12.0. The van der Waals surface area contributed by atoms with Gasteiger partial charge in [0.05, 0.1) is 17.7 Å². The number of aromatic amines is 1. The Labute approximate surface area is 135 Å². The van der Waals surface area contributed by atoms with Gasteiger partial charge in [-0.2, -0.15) is 4.98 Å². The van der Waals surface area contributed by atoms with Gasteiger partial charge in [0.2, 0.25) is 5.95 Å². The summed E-state index contributed by atoms with van der Waals surface area (Å²) in [6.45, 7) is 4.99. The molecule has 2 aliphatic rings. The number of aliphatic hydroxyl groups is 1. The molecule has 0 amide bonds. The normalized spacial score (nSPS) is 26.4. The van der Waals surface area contributed by atoms with E-state index < -0.39 is 24.4 Å². The van der Waals surface area contributed by atoms with Gasteiger partial charge in [0.1, 0.15) is 11.0 Å². The van der Waals surface area contributed by atoms with Gasteiger partial charge in [-0.1, -0.05) is 18.3 Å². The smallest absolute Gasteiger partial charge is 0.303 e. The highest BCUT2D eigenvalue weighted by molar-refractivity contribution is 8.03. The molecule has 9 nitrogen and oxygen atoms in total. The van der Waals surface area contributed by atoms with E-state index in [1.807, 2.05) is 0 Å². The lowest BCUT2D eigenvalue weighted by Crippen LogP contribution is -2.41. The van der Waals surface area contributed by atoms with E-state index in [2.05, 4.69) is 16.5 Å². The van der Waals surface area contributed by atoms with E-state index in [1.165, 1.54) is 6.92 Å². The lowest BCUT2D eigenvalue weighted by Gasteiger charge is -2.29. The molecule has 124 valence electrons. The summed E-state index contributed by atoms with van der Waals surface area (Å²) >= 11 is 1.14. The Kier molecular flexibility index (Phi) is 4.04. The SMILES string of the molecule is C=C1Sc2c(nc(N)[nH]c2=O)N1[C@@H]1O[C@H](CO)C[C@H]1OC(C)=O. The number of anilines is 2. The second kappa shape index (κ2) is 5.87. The van der Waals surface area contributed by atoms with Crippen molar-refractivity contribution in [2.45, 2.75) is 36.7 Å². The Hall–Kier alpha value is -2.04. The summed E-state index contributed by atoms with van der Waals surface area (Å²) in [6, 6.07) is 0. The van der Waals surface area contributed by atoms with Crippen LogP contribution in [0.5, 0.6) is 0 Å². The summed E-state index contributed by atoms with van der Waals surface area (Å²) in [4.78, 5) is 31.8. The van der Waals surface area contributed by atoms with Crippen molar-refractivity contribution < 1.29 is 19.4 Å². The Bertz CT molecular complexity index is 721. The molecular weight excluding hydrogens is 324 g/mol. The first-order valence-electron chi connectivity index (χ1n) is 6.90. The third-order valence-corrected chi connectivity index (χ3v) is 4.52. The Morgan fingerprint density at radius 2 is 2.43 bits per heavy atom. The van der Waals surface area contributed by atoms with E-state index in [0.29, 0.717) is 22.2 Å². The van der Waals surface area contributed by atoms with Crippen LogP contribution in [0.15, 0.2) is 21.3 Å². The van der Waals surface area contributed by atoms with Crippen LogP contribution in [0.25, 0.3) is 0 Å². The van der Waals surface area contributed by atoms with Crippen molar-refractivity contribution in [2.24, 2.45) is 0 Å². The van der Waals surface area contributed by atoms with Crippen molar-refractivity contribution in [1.29, 1.82) is 0 Å². The Morgan fingerprint density at radius 1 is 1.70 bits per heavy atom. The minimum Gasteiger partial charge on any atom is -0.458 e. The molecule has 0 saturated carbocycles. The summed E-state index contributed by atoms with van der Waals surface area (Å²) in [5.41, 5.74) is 5.24. The first-order chi connectivity index (χ1) is 10.9. The van der Waals surface area contributed by atoms with Gasteiger partial charge in [0.15, 0.2) is 12.0 Å². The molecular formula is C13H16N4O5S. The van der Waals surface area contributed by atoms with Crippen molar-refractivity contribution in [3.63, 3.8) is 0 Å². The molecule has 0 aromatic carbocycles. The van der Waals surface area contributed by atoms with Crippen LogP contribution >= 0.6 is 11.8 Å². The second-order valence-corrected chi connectivity index (χ2v) is 6.27. The van der Waals surface area contributed by atoms with Gasteiger partial charge in [-0.3, -0.25) is 19.5 Å². The number of aliphatic hydroxyl groups excluding tert-OH is 1. The molecule has 3 atom stereocenters. The molecule has 0 spiro atoms. The number of nitrogen functional groups attached to an aromatic ring is 1. The first-order valence-corrected chi connectivity index (χ1v) is 7.71. The van der Waals surface area contributed by atoms with Gasteiger partial charge < -0.3 is 20.3 Å². The number of rotatable bonds is 3. The molecule has 4 N–H and O–H groups in total. The fraction of sp³-hybridized carbons (Fsp3) is 0.462. The monoisotopic (exact) mass is 340 g/mol. The van der Waals surface area contributed by atoms with Crippen LogP contribution in [-0.2, 0) is 14.3 Å². The fourth-order valence-corrected chi connectivity index (χ4v) is 3.55. The average molecular weight is 340 g/mol. The topological polar surface area (TPSA) is 131 Å². The number of ether oxygens (including phenoxy) is 2. The van der Waals surface area contributed by atoms with Gasteiger partial charge in [0, 0.05) is 13.3 Å². The van der Waals surface area contributed by atoms with Crippen molar-refractivity contribution in [1.82, 2.24) is 9.97 Å². The zero-order valence-electron chi connectivity index (χ0n) is 12.3. The molecule has 3 rings (SSSR count). The molecule has 10 heteroatoms. The van der Waals surface area contributed by atoms with Gasteiger partial charge in [-0.25, -0.2) is 0 Å². The lowest BCUT2D eigenvalue weighted by molar-refractivity contribution is -0.148. The summed E-state index contributed by atoms with van der Waals surface area (Å²) in [5, 5.41) is 9.83. The number of carbonyl (C=O) groups is 1. The lowest BCUT2D eigenvalue weighted by atomic mass is 10.2. The van der Waals surface area contributed by atoms with E-state index in [-0.39, 0.29) is 18.1 Å². The average Bonchev–Trinajstić information content (AvgIpc) is 2.99. The number of hydrogen-bond donors (Lipinski definition) is 3. The highest BCUT2D eigenvalue weighted by atomic mass is 32.2. The first kappa shape index (κ1) is 15.8. The molecule has 0 bridgehead atoms. The van der Waals surface area contributed by atoms with Crippen LogP contribution in [0, 0.1) is 0 Å². The summed E-state index contributed by atoms with van der Waals surface area (Å²) in [7, 11) is 0. The van der Waals surface area contributed by atoms with Crippen molar-refractivity contribution >= 4 is 29.5 Å². The molecule has 3 heterocycles. The quantitative estimate of drug-likeness (QED) is 0.639. The predicted octanol–water partition coefficient (Wildman–Crippen LogP) is -0.226. The second-order valence-electron chi connectivity index (χ2n) is 5.18. The third-order valence-electron chi connectivity index (χ3n) is 3.51. The van der Waals surface area contributed by atoms with Crippen molar-refractivity contribution in [2.75, 3.05) is 17.2 Å². The largest absolute Gasteiger partial charge is 0.458 e. The third kappa shape index (κ3) is 2.80. The predicted molar refractivity (Wildman–Crippen MR) is 82.7 cm³/mol. The fourth-order valence-electron chi connectivity index (χ4n) is 2.65. The van der Waals surface area contributed by atoms with Crippen molar-refractivity contribution in [3.8, 4) is 0 Å². The standard InChI is InChI=1S/C13H16N4O5S/c1-5-17(10-9(23-5)11(20)16-13(14)15-10)12-8(21-6(2)19)3-7(4-18)22-12/h7-8,12,18H,1,3-4H2,2H3,(H3,14,15,16,20)/t7-,8+,12+/m0/s1. The van der Waals surface area contributed by atoms with Gasteiger partial charge >= 0.3 is 5.97 Å². The summed E-state index contributed by atoms with van der Waals surface area (Å²) in [6.07, 6.45) is -1.49. The molecule has 0 aliphatic carbocycles. The minimum absolute atomic E-state index is 0.0326. The van der Waals surface area contributed by atoms with E-state index in [0.717, 1.165) is 11.8 Å². The number of carbonyl (C=O) groups excluding carboxylic acids is 1. The number of hydrogen-bond acceptors (Lipinski definition) is 9. The number of nitrogens with one attached hydrogen (secondary N) is 1. The molecule has 2 aliphatic heterocycles. The molecule has 0 radical (unpaired) electrons. The van der Waals surface area contributed by atoms with Gasteiger partial charge in [0.25, 0.3) is 5.56 Å². The molecule has 1 fully saturated rings. The molecule has 1 saturated heterocycles. The highest BCUT2D eigenvalue weighted by Gasteiger charge is 2.45. The van der Waals surface area contributed by atoms with Crippen LogP contribution < -0.4 is 16.2 Å². The molecule has 1 aromatic rings. The van der Waals surface area contributed by atoms with Crippen LogP contribution in [0.1, 0.15) is 13.3 Å². The zero-order chi connectivity index (χ0) is 16.7. The number of H-pyrrole nitrogens is 1. The zero-order valence-corrected chi connectivity index (χ0v) is 13.1. The van der Waals surface area contributed by atoms with E-state index in [9.17, 15) is 14.7 Å². The summed E-state index contributed by atoms with van der Waals surface area (Å²) < 4.78 is 11.0. The van der Waals surface area contributed by atoms with Crippen molar-refractivity contribution in [3.05, 3.63) is 22.0 Å². The molecule has 1 aromatic heterocycles. The maximum absolute atomic E-state index is 12.0. The number of aromatic nitrogens is 2. The maximum Gasteiger partial charge on any atom is 0.303 e. The number of nitrogens with two attached hydrogens (primary N) is 1. The van der Waals surface area contributed by atoms with Gasteiger partial charge in [-0.05, 0) is 0 Å². The molecule has 23 heavy (non-hydrogen) atoms. The van der Waals surface area contributed by atoms with Gasteiger partial charge in [-0.15, -0.1) is 0 Å². The van der Waals surface area contributed by atoms with Crippen LogP contribution in [0.2, 0.25) is 0 Å². The Balaban J connectivity index is 1.99. The van der Waals surface area contributed by atoms with Crippen LogP contribution in [0.4, 0.5) is 11.8 Å². The summed E-state index contributed by atoms with van der Waals surface area (Å²) in [5.74, 6) is -0.185. The number of thioether (sulfide) groups is 1. The van der Waals surface area contributed by atoms with Crippen LogP contribution in [0.3, 0.4) is 0 Å². The minimum atomic E-state index is -0.731.